The average Bonchev–Trinajstić information content (AvgIpc) is 3.26. The van der Waals surface area contributed by atoms with Gasteiger partial charge in [-0.15, -0.1) is 0 Å². The molecule has 9 heteroatoms. The van der Waals surface area contributed by atoms with Crippen molar-refractivity contribution < 1.29 is 23.5 Å². The van der Waals surface area contributed by atoms with Gasteiger partial charge in [0.05, 0.1) is 18.8 Å². The minimum absolute atomic E-state index is 0.200. The highest BCUT2D eigenvalue weighted by Gasteiger charge is 2.32. The van der Waals surface area contributed by atoms with Crippen LogP contribution in [-0.4, -0.2) is 42.1 Å². The summed E-state index contributed by atoms with van der Waals surface area (Å²) in [6, 6.07) is 15.4. The monoisotopic (exact) mass is 488 g/mol. The molecule has 0 bridgehead atoms. The van der Waals surface area contributed by atoms with Gasteiger partial charge in [0.1, 0.15) is 11.9 Å². The van der Waals surface area contributed by atoms with Crippen molar-refractivity contribution in [3.63, 3.8) is 0 Å². The molecule has 0 radical (unpaired) electrons. The lowest BCUT2D eigenvalue weighted by Crippen LogP contribution is -2.33. The second-order valence-corrected chi connectivity index (χ2v) is 8.25. The molecule has 0 spiro atoms. The Kier molecular flexibility index (Phi) is 7.69. The molecule has 1 fully saturated rings. The molecule has 3 amide bonds. The Bertz CT molecular complexity index is 1280. The number of amides is 3. The van der Waals surface area contributed by atoms with Crippen molar-refractivity contribution in [3.8, 4) is 11.1 Å². The van der Waals surface area contributed by atoms with Gasteiger partial charge in [-0.3, -0.25) is 19.5 Å². The number of nitrogens with one attached hydrogen (secondary N) is 2. The van der Waals surface area contributed by atoms with E-state index in [4.69, 9.17) is 4.74 Å². The first-order valence-corrected chi connectivity index (χ1v) is 11.4. The van der Waals surface area contributed by atoms with Crippen LogP contribution in [0.25, 0.3) is 17.2 Å². The number of cyclic esters (lactones) is 1. The number of hydrogen-bond donors (Lipinski definition) is 2. The maximum absolute atomic E-state index is 14.9. The van der Waals surface area contributed by atoms with E-state index in [1.54, 1.807) is 48.8 Å². The summed E-state index contributed by atoms with van der Waals surface area (Å²) in [4.78, 5) is 40.6. The van der Waals surface area contributed by atoms with E-state index >= 15 is 0 Å². The normalized spacial score (nSPS) is 15.1. The van der Waals surface area contributed by atoms with Crippen molar-refractivity contribution >= 4 is 29.7 Å². The molecule has 2 heterocycles. The number of benzene rings is 2. The number of ether oxygens (including phenoxy) is 1. The molecule has 4 rings (SSSR count). The Morgan fingerprint density at radius 3 is 2.67 bits per heavy atom. The Balaban J connectivity index is 1.35. The highest BCUT2D eigenvalue weighted by atomic mass is 19.1. The van der Waals surface area contributed by atoms with E-state index in [0.717, 1.165) is 11.1 Å². The Morgan fingerprint density at radius 2 is 1.97 bits per heavy atom. The summed E-state index contributed by atoms with van der Waals surface area (Å²) < 4.78 is 20.2. The van der Waals surface area contributed by atoms with Crippen LogP contribution in [-0.2, 0) is 20.9 Å². The fourth-order valence-corrected chi connectivity index (χ4v) is 3.70. The second-order valence-electron chi connectivity index (χ2n) is 8.25. The van der Waals surface area contributed by atoms with E-state index < -0.39 is 18.0 Å². The molecule has 2 N–H and O–H groups in total. The van der Waals surface area contributed by atoms with E-state index in [0.29, 0.717) is 23.4 Å². The topological polar surface area (TPSA) is 101 Å². The molecule has 8 nitrogen and oxygen atoms in total. The highest BCUT2D eigenvalue weighted by Crippen LogP contribution is 2.29. The standard InChI is InChI=1S/C27H25FN4O4/c1-18(33)30-16-23-17-32(27(35)36-23)22-9-10-24(25(28)13-22)21-7-4-20(5-8-21)15-31-26(34)11-6-19-3-2-12-29-14-19/h2-14,23H,15-17H2,1H3,(H,30,33)(H,31,34)/b11-6+. The van der Waals surface area contributed by atoms with Gasteiger partial charge in [-0.1, -0.05) is 30.3 Å². The molecule has 1 saturated heterocycles. The van der Waals surface area contributed by atoms with E-state index in [1.165, 1.54) is 24.0 Å². The van der Waals surface area contributed by atoms with Crippen LogP contribution in [0.5, 0.6) is 0 Å². The van der Waals surface area contributed by atoms with Crippen LogP contribution in [0.1, 0.15) is 18.1 Å². The van der Waals surface area contributed by atoms with Gasteiger partial charge in [-0.05, 0) is 47.0 Å². The first-order valence-electron chi connectivity index (χ1n) is 11.4. The SMILES string of the molecule is CC(=O)NCC1CN(c2ccc(-c3ccc(CNC(=O)/C=C/c4cccnc4)cc3)c(F)c2)C(=O)O1. The molecule has 0 aliphatic carbocycles. The number of halogens is 1. The van der Waals surface area contributed by atoms with Crippen molar-refractivity contribution in [3.05, 3.63) is 90.0 Å². The van der Waals surface area contributed by atoms with Crippen molar-refractivity contribution in [1.82, 2.24) is 15.6 Å². The average molecular weight is 489 g/mol. The summed E-state index contributed by atoms with van der Waals surface area (Å²) in [7, 11) is 0. The van der Waals surface area contributed by atoms with Gasteiger partial charge in [-0.2, -0.15) is 0 Å². The van der Waals surface area contributed by atoms with Crippen molar-refractivity contribution in [2.75, 3.05) is 18.0 Å². The lowest BCUT2D eigenvalue weighted by molar-refractivity contribution is -0.119. The maximum atomic E-state index is 14.9. The highest BCUT2D eigenvalue weighted by molar-refractivity contribution is 5.91. The summed E-state index contributed by atoms with van der Waals surface area (Å²) in [6.45, 7) is 2.13. The molecule has 1 atom stereocenters. The zero-order valence-electron chi connectivity index (χ0n) is 19.6. The van der Waals surface area contributed by atoms with Crippen LogP contribution in [0.4, 0.5) is 14.9 Å². The van der Waals surface area contributed by atoms with Gasteiger partial charge in [0, 0.05) is 37.5 Å². The maximum Gasteiger partial charge on any atom is 0.414 e. The molecule has 3 aromatic rings. The van der Waals surface area contributed by atoms with Crippen molar-refractivity contribution in [2.24, 2.45) is 0 Å². The fraction of sp³-hybridized carbons (Fsp3) is 0.185. The summed E-state index contributed by atoms with van der Waals surface area (Å²) >= 11 is 0. The van der Waals surface area contributed by atoms with Crippen LogP contribution >= 0.6 is 0 Å². The first-order chi connectivity index (χ1) is 17.4. The van der Waals surface area contributed by atoms with Gasteiger partial charge >= 0.3 is 6.09 Å². The number of carbonyl (C=O) groups excluding carboxylic acids is 3. The molecule has 36 heavy (non-hydrogen) atoms. The molecule has 1 aliphatic rings. The Hall–Kier alpha value is -4.53. The smallest absolute Gasteiger partial charge is 0.414 e. The third kappa shape index (κ3) is 6.32. The molecule has 1 aliphatic heterocycles. The number of pyridine rings is 1. The van der Waals surface area contributed by atoms with Gasteiger partial charge in [-0.25, -0.2) is 9.18 Å². The van der Waals surface area contributed by atoms with Crippen molar-refractivity contribution in [2.45, 2.75) is 19.6 Å². The minimum Gasteiger partial charge on any atom is -0.442 e. The van der Waals surface area contributed by atoms with E-state index in [1.807, 2.05) is 18.2 Å². The van der Waals surface area contributed by atoms with Crippen LogP contribution < -0.4 is 15.5 Å². The molecule has 2 aromatic carbocycles. The lowest BCUT2D eigenvalue weighted by atomic mass is 10.0. The molecule has 1 aromatic heterocycles. The van der Waals surface area contributed by atoms with E-state index in [9.17, 15) is 18.8 Å². The number of hydrogen-bond acceptors (Lipinski definition) is 5. The number of rotatable bonds is 8. The lowest BCUT2D eigenvalue weighted by Gasteiger charge is -2.15. The summed E-state index contributed by atoms with van der Waals surface area (Å²) in [5.41, 5.74) is 3.12. The number of aromatic nitrogens is 1. The van der Waals surface area contributed by atoms with Crippen LogP contribution in [0.15, 0.2) is 73.1 Å². The van der Waals surface area contributed by atoms with Crippen molar-refractivity contribution in [1.29, 1.82) is 0 Å². The zero-order valence-corrected chi connectivity index (χ0v) is 19.6. The van der Waals surface area contributed by atoms with Crippen LogP contribution in [0.3, 0.4) is 0 Å². The number of anilines is 1. The Morgan fingerprint density at radius 1 is 1.17 bits per heavy atom. The summed E-state index contributed by atoms with van der Waals surface area (Å²) in [5.74, 6) is -0.928. The molecule has 1 unspecified atom stereocenters. The third-order valence-corrected chi connectivity index (χ3v) is 5.56. The van der Waals surface area contributed by atoms with Gasteiger partial charge < -0.3 is 15.4 Å². The predicted molar refractivity (Wildman–Crippen MR) is 133 cm³/mol. The third-order valence-electron chi connectivity index (χ3n) is 5.56. The fourth-order valence-electron chi connectivity index (χ4n) is 3.70. The molecular weight excluding hydrogens is 463 g/mol. The quantitative estimate of drug-likeness (QED) is 0.471. The van der Waals surface area contributed by atoms with Gasteiger partial charge in [0.25, 0.3) is 0 Å². The zero-order chi connectivity index (χ0) is 25.5. The van der Waals surface area contributed by atoms with Crippen LogP contribution in [0.2, 0.25) is 0 Å². The summed E-state index contributed by atoms with van der Waals surface area (Å²) in [5, 5.41) is 5.42. The number of carbonyl (C=O) groups is 3. The largest absolute Gasteiger partial charge is 0.442 e. The molecule has 184 valence electrons. The molecular formula is C27H25FN4O4. The van der Waals surface area contributed by atoms with Gasteiger partial charge in [0.15, 0.2) is 0 Å². The van der Waals surface area contributed by atoms with Gasteiger partial charge in [0.2, 0.25) is 11.8 Å². The predicted octanol–water partition coefficient (Wildman–Crippen LogP) is 3.68. The Labute approximate surface area is 207 Å². The van der Waals surface area contributed by atoms with Crippen LogP contribution in [0, 0.1) is 5.82 Å². The second kappa shape index (κ2) is 11.3. The van der Waals surface area contributed by atoms with E-state index in [2.05, 4.69) is 15.6 Å². The molecule has 0 saturated carbocycles. The minimum atomic E-state index is -0.584. The summed E-state index contributed by atoms with van der Waals surface area (Å²) in [6.07, 6.45) is 5.37. The number of nitrogens with zero attached hydrogens (tertiary/aromatic N) is 2. The van der Waals surface area contributed by atoms with E-state index in [-0.39, 0.29) is 24.9 Å². The first kappa shape index (κ1) is 24.6.